The molecule has 0 saturated heterocycles. The molecule has 2 N–H and O–H groups in total. The molecule has 3 nitrogen and oxygen atoms in total. The maximum atomic E-state index is 12.1. The van der Waals surface area contributed by atoms with Crippen LogP contribution in [0.1, 0.15) is 39.8 Å². The smallest absolute Gasteiger partial charge is 0.220 e. The zero-order valence-electron chi connectivity index (χ0n) is 14.3. The van der Waals surface area contributed by atoms with Crippen molar-refractivity contribution in [1.82, 2.24) is 10.6 Å². The number of amides is 1. The fourth-order valence-corrected chi connectivity index (χ4v) is 3.12. The van der Waals surface area contributed by atoms with Crippen LogP contribution in [-0.2, 0) is 30.8 Å². The number of carbonyl (C=O) groups excluding carboxylic acids is 1. The first kappa shape index (κ1) is 18.5. The number of rotatable bonds is 5. The topological polar surface area (TPSA) is 41.1 Å². The predicted octanol–water partition coefficient (Wildman–Crippen LogP) is 3.58. The lowest BCUT2D eigenvalue weighted by atomic mass is 10.0. The van der Waals surface area contributed by atoms with Crippen molar-refractivity contribution in [3.05, 3.63) is 69.8 Å². The molecule has 0 aliphatic carbocycles. The predicted molar refractivity (Wildman–Crippen MR) is 100 cm³/mol. The second-order valence-corrected chi connectivity index (χ2v) is 6.41. The standard InChI is InChI=1S/C20H24N2O.ClH/c1-14-3-5-17(15(2)9-14)7-8-20(23)22-11-16-4-6-18-12-21-13-19(18)10-16;/h3-6,9-10,21H,7-8,11-13H2,1-2H3,(H,22,23);1H. The van der Waals surface area contributed by atoms with Crippen molar-refractivity contribution in [2.75, 3.05) is 0 Å². The van der Waals surface area contributed by atoms with Gasteiger partial charge in [0.2, 0.25) is 5.91 Å². The molecule has 0 aromatic heterocycles. The van der Waals surface area contributed by atoms with Crippen LogP contribution in [0.2, 0.25) is 0 Å². The van der Waals surface area contributed by atoms with Gasteiger partial charge in [0.1, 0.15) is 0 Å². The third-order valence-electron chi connectivity index (χ3n) is 4.51. The van der Waals surface area contributed by atoms with E-state index >= 15 is 0 Å². The van der Waals surface area contributed by atoms with E-state index in [2.05, 4.69) is 60.9 Å². The van der Waals surface area contributed by atoms with Crippen LogP contribution in [0.5, 0.6) is 0 Å². The highest BCUT2D eigenvalue weighted by Gasteiger charge is 2.10. The van der Waals surface area contributed by atoms with Gasteiger partial charge < -0.3 is 10.6 Å². The summed E-state index contributed by atoms with van der Waals surface area (Å²) in [6.45, 7) is 6.70. The lowest BCUT2D eigenvalue weighted by Gasteiger charge is -2.09. The molecule has 1 amide bonds. The number of hydrogen-bond acceptors (Lipinski definition) is 2. The normalized spacial score (nSPS) is 12.4. The van der Waals surface area contributed by atoms with E-state index in [1.165, 1.54) is 33.4 Å². The summed E-state index contributed by atoms with van der Waals surface area (Å²) in [6, 6.07) is 12.9. The largest absolute Gasteiger partial charge is 0.352 e. The minimum absolute atomic E-state index is 0. The van der Waals surface area contributed by atoms with E-state index in [1.54, 1.807) is 0 Å². The number of halogens is 1. The zero-order valence-corrected chi connectivity index (χ0v) is 15.1. The Balaban J connectivity index is 0.00000208. The van der Waals surface area contributed by atoms with Gasteiger partial charge in [0.15, 0.2) is 0 Å². The van der Waals surface area contributed by atoms with E-state index < -0.39 is 0 Å². The van der Waals surface area contributed by atoms with Crippen LogP contribution >= 0.6 is 12.4 Å². The third-order valence-corrected chi connectivity index (χ3v) is 4.51. The molecule has 0 radical (unpaired) electrons. The highest BCUT2D eigenvalue weighted by molar-refractivity contribution is 5.85. The van der Waals surface area contributed by atoms with Gasteiger partial charge in [-0.05, 0) is 48.1 Å². The molecule has 1 aliphatic rings. The Hall–Kier alpha value is -1.84. The summed E-state index contributed by atoms with van der Waals surface area (Å²) >= 11 is 0. The first-order valence-electron chi connectivity index (χ1n) is 8.26. The molecule has 0 saturated carbocycles. The quantitative estimate of drug-likeness (QED) is 0.870. The molecule has 1 aliphatic heterocycles. The summed E-state index contributed by atoms with van der Waals surface area (Å²) in [4.78, 5) is 12.1. The molecule has 4 heteroatoms. The Morgan fingerprint density at radius 1 is 1.08 bits per heavy atom. The van der Waals surface area contributed by atoms with Gasteiger partial charge in [0.05, 0.1) is 0 Å². The van der Waals surface area contributed by atoms with Gasteiger partial charge in [-0.3, -0.25) is 4.79 Å². The molecule has 0 unspecified atom stereocenters. The third kappa shape index (κ3) is 4.59. The molecule has 0 atom stereocenters. The fourth-order valence-electron chi connectivity index (χ4n) is 3.12. The highest BCUT2D eigenvalue weighted by Crippen LogP contribution is 2.17. The average molecular weight is 345 g/mol. The van der Waals surface area contributed by atoms with Crippen LogP contribution in [0, 0.1) is 13.8 Å². The summed E-state index contributed by atoms with van der Waals surface area (Å²) in [5.74, 6) is 0.114. The summed E-state index contributed by atoms with van der Waals surface area (Å²) < 4.78 is 0. The lowest BCUT2D eigenvalue weighted by Crippen LogP contribution is -2.23. The van der Waals surface area contributed by atoms with Gasteiger partial charge in [-0.2, -0.15) is 0 Å². The molecule has 3 rings (SSSR count). The highest BCUT2D eigenvalue weighted by atomic mass is 35.5. The van der Waals surface area contributed by atoms with Crippen molar-refractivity contribution in [3.63, 3.8) is 0 Å². The van der Waals surface area contributed by atoms with Crippen molar-refractivity contribution in [3.8, 4) is 0 Å². The lowest BCUT2D eigenvalue weighted by molar-refractivity contribution is -0.121. The molecule has 0 bridgehead atoms. The second kappa shape index (κ2) is 8.32. The van der Waals surface area contributed by atoms with E-state index in [-0.39, 0.29) is 18.3 Å². The average Bonchev–Trinajstić information content (AvgIpc) is 2.99. The minimum Gasteiger partial charge on any atom is -0.352 e. The van der Waals surface area contributed by atoms with E-state index in [4.69, 9.17) is 0 Å². The number of benzene rings is 2. The van der Waals surface area contributed by atoms with E-state index in [9.17, 15) is 4.79 Å². The van der Waals surface area contributed by atoms with Gasteiger partial charge in [0, 0.05) is 26.1 Å². The fraction of sp³-hybridized carbons (Fsp3) is 0.350. The maximum absolute atomic E-state index is 12.1. The van der Waals surface area contributed by atoms with Crippen LogP contribution in [0.15, 0.2) is 36.4 Å². The molecule has 2 aromatic rings. The number of nitrogens with one attached hydrogen (secondary N) is 2. The molecular weight excluding hydrogens is 320 g/mol. The number of aryl methyl sites for hydroxylation is 3. The van der Waals surface area contributed by atoms with Gasteiger partial charge in [0.25, 0.3) is 0 Å². The van der Waals surface area contributed by atoms with Crippen molar-refractivity contribution in [2.45, 2.75) is 46.3 Å². The van der Waals surface area contributed by atoms with Gasteiger partial charge in [-0.15, -0.1) is 12.4 Å². The maximum Gasteiger partial charge on any atom is 0.220 e. The van der Waals surface area contributed by atoms with E-state index in [0.29, 0.717) is 13.0 Å². The first-order chi connectivity index (χ1) is 11.1. The summed E-state index contributed by atoms with van der Waals surface area (Å²) in [7, 11) is 0. The molecule has 1 heterocycles. The van der Waals surface area contributed by atoms with Crippen LogP contribution < -0.4 is 10.6 Å². The number of fused-ring (bicyclic) bond motifs is 1. The van der Waals surface area contributed by atoms with Gasteiger partial charge in [-0.25, -0.2) is 0 Å². The molecule has 0 fully saturated rings. The number of carbonyl (C=O) groups is 1. The van der Waals surface area contributed by atoms with Crippen LogP contribution in [-0.4, -0.2) is 5.91 Å². The minimum atomic E-state index is 0. The van der Waals surface area contributed by atoms with Crippen molar-refractivity contribution >= 4 is 18.3 Å². The molecule has 24 heavy (non-hydrogen) atoms. The monoisotopic (exact) mass is 344 g/mol. The Kier molecular flexibility index (Phi) is 6.41. The van der Waals surface area contributed by atoms with Crippen LogP contribution in [0.4, 0.5) is 0 Å². The Bertz CT molecular complexity index is 728. The second-order valence-electron chi connectivity index (χ2n) is 6.41. The van der Waals surface area contributed by atoms with Crippen LogP contribution in [0.3, 0.4) is 0 Å². The van der Waals surface area contributed by atoms with Crippen molar-refractivity contribution in [1.29, 1.82) is 0 Å². The van der Waals surface area contributed by atoms with Crippen molar-refractivity contribution in [2.24, 2.45) is 0 Å². The van der Waals surface area contributed by atoms with Crippen LogP contribution in [0.25, 0.3) is 0 Å². The van der Waals surface area contributed by atoms with Gasteiger partial charge in [-0.1, -0.05) is 42.0 Å². The SMILES string of the molecule is Cc1ccc(CCC(=O)NCc2ccc3c(c2)CNC3)c(C)c1.Cl. The Morgan fingerprint density at radius 2 is 1.88 bits per heavy atom. The molecule has 2 aromatic carbocycles. The van der Waals surface area contributed by atoms with E-state index in [0.717, 1.165) is 19.5 Å². The molecule has 128 valence electrons. The molecule has 0 spiro atoms. The molecular formula is C20H25ClN2O. The zero-order chi connectivity index (χ0) is 16.2. The summed E-state index contributed by atoms with van der Waals surface area (Å²) in [5.41, 5.74) is 7.69. The number of hydrogen-bond donors (Lipinski definition) is 2. The van der Waals surface area contributed by atoms with E-state index in [1.807, 2.05) is 0 Å². The Labute approximate surface area is 150 Å². The summed E-state index contributed by atoms with van der Waals surface area (Å²) in [5, 5.41) is 6.37. The first-order valence-corrected chi connectivity index (χ1v) is 8.26. The summed E-state index contributed by atoms with van der Waals surface area (Å²) in [6.07, 6.45) is 1.34. The van der Waals surface area contributed by atoms with Gasteiger partial charge >= 0.3 is 0 Å². The Morgan fingerprint density at radius 3 is 2.67 bits per heavy atom. The van der Waals surface area contributed by atoms with Crippen molar-refractivity contribution < 1.29 is 4.79 Å².